The number of hydrogen-bond donors (Lipinski definition) is 2. The second-order valence-electron chi connectivity index (χ2n) is 5.78. The van der Waals surface area contributed by atoms with Crippen molar-refractivity contribution < 1.29 is 5.11 Å². The molecule has 0 radical (unpaired) electrons. The summed E-state index contributed by atoms with van der Waals surface area (Å²) in [6.07, 6.45) is 3.98. The maximum absolute atomic E-state index is 10.1. The third-order valence-electron chi connectivity index (χ3n) is 4.09. The highest BCUT2D eigenvalue weighted by Crippen LogP contribution is 2.17. The van der Waals surface area contributed by atoms with Crippen molar-refractivity contribution in [3.8, 4) is 0 Å². The minimum Gasteiger partial charge on any atom is -0.387 e. The Balaban J connectivity index is 1.47. The Morgan fingerprint density at radius 1 is 1.09 bits per heavy atom. The number of pyridine rings is 1. The Hall–Kier alpha value is -1.91. The van der Waals surface area contributed by atoms with E-state index >= 15 is 0 Å². The minimum absolute atomic E-state index is 0.474. The van der Waals surface area contributed by atoms with Gasteiger partial charge in [-0.15, -0.1) is 0 Å². The third kappa shape index (κ3) is 3.84. The molecule has 1 saturated heterocycles. The van der Waals surface area contributed by atoms with Gasteiger partial charge in [0.15, 0.2) is 0 Å². The van der Waals surface area contributed by atoms with E-state index < -0.39 is 6.10 Å². The van der Waals surface area contributed by atoms with E-state index in [4.69, 9.17) is 0 Å². The van der Waals surface area contributed by atoms with Crippen molar-refractivity contribution in [3.63, 3.8) is 0 Å². The summed E-state index contributed by atoms with van der Waals surface area (Å²) in [5.41, 5.74) is 2.08. The van der Waals surface area contributed by atoms with Crippen LogP contribution in [0.5, 0.6) is 0 Å². The normalized spacial score (nSPS) is 16.0. The number of rotatable bonds is 6. The summed E-state index contributed by atoms with van der Waals surface area (Å²) in [5.74, 6) is 1.07. The fourth-order valence-electron chi connectivity index (χ4n) is 2.80. The monoisotopic (exact) mass is 297 g/mol. The predicted molar refractivity (Wildman–Crippen MR) is 88.8 cm³/mol. The molecule has 1 aromatic carbocycles. The molecule has 1 fully saturated rings. The van der Waals surface area contributed by atoms with Gasteiger partial charge in [0.1, 0.15) is 5.82 Å². The maximum Gasteiger partial charge on any atom is 0.128 e. The van der Waals surface area contributed by atoms with Crippen LogP contribution < -0.4 is 10.2 Å². The summed E-state index contributed by atoms with van der Waals surface area (Å²) >= 11 is 0. The van der Waals surface area contributed by atoms with Gasteiger partial charge in [-0.1, -0.05) is 36.4 Å². The summed E-state index contributed by atoms with van der Waals surface area (Å²) in [6.45, 7) is 3.50. The van der Waals surface area contributed by atoms with Crippen molar-refractivity contribution in [2.75, 3.05) is 24.5 Å². The van der Waals surface area contributed by atoms with Crippen LogP contribution in [0.4, 0.5) is 5.82 Å². The first-order valence-electron chi connectivity index (χ1n) is 7.96. The molecule has 2 N–H and O–H groups in total. The maximum atomic E-state index is 10.1. The Morgan fingerprint density at radius 2 is 1.86 bits per heavy atom. The summed E-state index contributed by atoms with van der Waals surface area (Å²) in [5, 5.41) is 13.4. The van der Waals surface area contributed by atoms with E-state index in [2.05, 4.69) is 27.3 Å². The SMILES string of the molecule is OC(CNCc1ccc(N2CCCC2)nc1)c1ccccc1. The van der Waals surface area contributed by atoms with Crippen LogP contribution in [0.2, 0.25) is 0 Å². The van der Waals surface area contributed by atoms with Gasteiger partial charge in [-0.05, 0) is 30.0 Å². The topological polar surface area (TPSA) is 48.4 Å². The zero-order valence-electron chi connectivity index (χ0n) is 12.8. The lowest BCUT2D eigenvalue weighted by atomic mass is 10.1. The van der Waals surface area contributed by atoms with E-state index in [1.165, 1.54) is 12.8 Å². The van der Waals surface area contributed by atoms with Gasteiger partial charge in [-0.3, -0.25) is 0 Å². The molecule has 1 aromatic heterocycles. The van der Waals surface area contributed by atoms with Gasteiger partial charge >= 0.3 is 0 Å². The number of anilines is 1. The number of aromatic nitrogens is 1. The lowest BCUT2D eigenvalue weighted by Gasteiger charge is -2.16. The molecule has 3 rings (SSSR count). The summed E-state index contributed by atoms with van der Waals surface area (Å²) in [4.78, 5) is 6.87. The largest absolute Gasteiger partial charge is 0.387 e. The van der Waals surface area contributed by atoms with Crippen LogP contribution in [-0.4, -0.2) is 29.7 Å². The lowest BCUT2D eigenvalue weighted by molar-refractivity contribution is 0.174. The van der Waals surface area contributed by atoms with Crippen LogP contribution in [0.3, 0.4) is 0 Å². The zero-order chi connectivity index (χ0) is 15.2. The molecule has 1 unspecified atom stereocenters. The third-order valence-corrected chi connectivity index (χ3v) is 4.09. The summed E-state index contributed by atoms with van der Waals surface area (Å²) in [7, 11) is 0. The summed E-state index contributed by atoms with van der Waals surface area (Å²) < 4.78 is 0. The van der Waals surface area contributed by atoms with Gasteiger partial charge in [-0.25, -0.2) is 4.98 Å². The number of hydrogen-bond acceptors (Lipinski definition) is 4. The Kier molecular flexibility index (Phi) is 5.03. The molecule has 2 aromatic rings. The second-order valence-corrected chi connectivity index (χ2v) is 5.78. The molecule has 0 spiro atoms. The quantitative estimate of drug-likeness (QED) is 0.860. The number of aliphatic hydroxyl groups is 1. The Morgan fingerprint density at radius 3 is 2.55 bits per heavy atom. The first-order valence-corrected chi connectivity index (χ1v) is 7.96. The van der Waals surface area contributed by atoms with Crippen molar-refractivity contribution >= 4 is 5.82 Å². The van der Waals surface area contributed by atoms with Gasteiger partial charge in [0, 0.05) is 32.4 Å². The standard InChI is InChI=1S/C18H23N3O/c22-17(16-6-2-1-3-7-16)14-19-12-15-8-9-18(20-13-15)21-10-4-5-11-21/h1-3,6-9,13,17,19,22H,4-5,10-12,14H2. The number of nitrogens with zero attached hydrogens (tertiary/aromatic N) is 2. The molecule has 4 heteroatoms. The van der Waals surface area contributed by atoms with E-state index in [0.29, 0.717) is 6.54 Å². The van der Waals surface area contributed by atoms with Gasteiger partial charge in [0.2, 0.25) is 0 Å². The van der Waals surface area contributed by atoms with Gasteiger partial charge in [-0.2, -0.15) is 0 Å². The summed E-state index contributed by atoms with van der Waals surface area (Å²) in [6, 6.07) is 13.9. The number of aliphatic hydroxyl groups excluding tert-OH is 1. The van der Waals surface area contributed by atoms with Crippen LogP contribution in [0.1, 0.15) is 30.1 Å². The van der Waals surface area contributed by atoms with Crippen molar-refractivity contribution in [1.82, 2.24) is 10.3 Å². The Labute approximate surface area is 131 Å². The molecule has 1 aliphatic rings. The minimum atomic E-state index is -0.474. The molecule has 2 heterocycles. The van der Waals surface area contributed by atoms with Crippen LogP contribution in [0.15, 0.2) is 48.7 Å². The molecule has 1 atom stereocenters. The van der Waals surface area contributed by atoms with Crippen LogP contribution in [-0.2, 0) is 6.54 Å². The molecular formula is C18H23N3O. The van der Waals surface area contributed by atoms with E-state index in [0.717, 1.165) is 36.6 Å². The van der Waals surface area contributed by atoms with Gasteiger partial charge in [0.05, 0.1) is 6.10 Å². The average Bonchev–Trinajstić information content (AvgIpc) is 3.11. The van der Waals surface area contributed by atoms with Crippen LogP contribution in [0, 0.1) is 0 Å². The molecule has 0 saturated carbocycles. The van der Waals surface area contributed by atoms with E-state index in [9.17, 15) is 5.11 Å². The van der Waals surface area contributed by atoms with Gasteiger partial charge in [0.25, 0.3) is 0 Å². The lowest BCUT2D eigenvalue weighted by Crippen LogP contribution is -2.22. The van der Waals surface area contributed by atoms with Crippen molar-refractivity contribution in [2.24, 2.45) is 0 Å². The highest BCUT2D eigenvalue weighted by molar-refractivity contribution is 5.40. The molecule has 0 bridgehead atoms. The molecule has 22 heavy (non-hydrogen) atoms. The van der Waals surface area contributed by atoms with Crippen molar-refractivity contribution in [3.05, 3.63) is 59.8 Å². The van der Waals surface area contributed by atoms with Crippen LogP contribution in [0.25, 0.3) is 0 Å². The fourth-order valence-corrected chi connectivity index (χ4v) is 2.80. The fraction of sp³-hybridized carbons (Fsp3) is 0.389. The molecule has 0 aliphatic carbocycles. The van der Waals surface area contributed by atoms with E-state index in [1.54, 1.807) is 0 Å². The molecule has 4 nitrogen and oxygen atoms in total. The average molecular weight is 297 g/mol. The van der Waals surface area contributed by atoms with Crippen LogP contribution >= 0.6 is 0 Å². The second kappa shape index (κ2) is 7.38. The van der Waals surface area contributed by atoms with Crippen molar-refractivity contribution in [2.45, 2.75) is 25.5 Å². The van der Waals surface area contributed by atoms with E-state index in [-0.39, 0.29) is 0 Å². The number of nitrogens with one attached hydrogen (secondary N) is 1. The van der Waals surface area contributed by atoms with Gasteiger partial charge < -0.3 is 15.3 Å². The van der Waals surface area contributed by atoms with Crippen molar-refractivity contribution in [1.29, 1.82) is 0 Å². The zero-order valence-corrected chi connectivity index (χ0v) is 12.8. The highest BCUT2D eigenvalue weighted by atomic mass is 16.3. The predicted octanol–water partition coefficient (Wildman–Crippen LogP) is 2.51. The molecule has 1 aliphatic heterocycles. The molecule has 0 amide bonds. The Bertz CT molecular complexity index is 565. The highest BCUT2D eigenvalue weighted by Gasteiger charge is 2.13. The van der Waals surface area contributed by atoms with E-state index in [1.807, 2.05) is 36.5 Å². The number of benzene rings is 1. The smallest absolute Gasteiger partial charge is 0.128 e. The first kappa shape index (κ1) is 15.0. The molecular weight excluding hydrogens is 274 g/mol. The molecule has 116 valence electrons. The first-order chi connectivity index (χ1) is 10.8.